The first-order valence-electron chi connectivity index (χ1n) is 26.8. The molecular formula is C74H49N3. The van der Waals surface area contributed by atoms with Gasteiger partial charge in [0.25, 0.3) is 0 Å². The average molecular weight is 980 g/mol. The molecule has 3 nitrogen and oxygen atoms in total. The zero-order valence-electron chi connectivity index (χ0n) is 42.7. The summed E-state index contributed by atoms with van der Waals surface area (Å²) in [7, 11) is 0. The van der Waals surface area contributed by atoms with E-state index in [1.54, 1.807) is 0 Å². The largest absolute Gasteiger partial charge is 0.208 e. The molecule has 1 heterocycles. The van der Waals surface area contributed by atoms with Crippen LogP contribution in [-0.2, 0) is 16.2 Å². The van der Waals surface area contributed by atoms with E-state index in [4.69, 9.17) is 15.0 Å². The van der Waals surface area contributed by atoms with Crippen LogP contribution in [0.3, 0.4) is 0 Å². The Hall–Kier alpha value is -9.57. The second-order valence-corrected chi connectivity index (χ2v) is 21.7. The van der Waals surface area contributed by atoms with Crippen LogP contribution in [0.5, 0.6) is 0 Å². The third-order valence-electron chi connectivity index (χ3n) is 17.7. The van der Waals surface area contributed by atoms with Crippen LogP contribution < -0.4 is 0 Å². The zero-order valence-corrected chi connectivity index (χ0v) is 42.7. The Balaban J connectivity index is 0.837. The summed E-state index contributed by atoms with van der Waals surface area (Å²) in [4.78, 5) is 15.8. The topological polar surface area (TPSA) is 38.7 Å². The molecule has 0 N–H and O–H groups in total. The molecule has 2 spiro atoms. The van der Waals surface area contributed by atoms with Crippen molar-refractivity contribution in [3.05, 3.63) is 316 Å². The van der Waals surface area contributed by atoms with Crippen LogP contribution in [0.2, 0.25) is 0 Å². The Morgan fingerprint density at radius 1 is 0.208 bits per heavy atom. The maximum Gasteiger partial charge on any atom is 0.164 e. The van der Waals surface area contributed by atoms with Crippen LogP contribution >= 0.6 is 0 Å². The number of nitrogens with zero attached hydrogens (tertiary/aromatic N) is 3. The summed E-state index contributed by atoms with van der Waals surface area (Å²) in [5.74, 6) is 1.92. The molecule has 4 aliphatic carbocycles. The lowest BCUT2D eigenvalue weighted by atomic mass is 9.52. The van der Waals surface area contributed by atoms with Crippen molar-refractivity contribution in [2.24, 2.45) is 0 Å². The second-order valence-electron chi connectivity index (χ2n) is 21.7. The number of hydrogen-bond acceptors (Lipinski definition) is 3. The van der Waals surface area contributed by atoms with Gasteiger partial charge in [-0.3, -0.25) is 0 Å². The van der Waals surface area contributed by atoms with E-state index in [1.165, 1.54) is 94.6 Å². The highest BCUT2D eigenvalue weighted by molar-refractivity contribution is 5.95. The summed E-state index contributed by atoms with van der Waals surface area (Å²) in [5, 5.41) is 0. The summed E-state index contributed by atoms with van der Waals surface area (Å²) in [6.07, 6.45) is 0. The van der Waals surface area contributed by atoms with Crippen molar-refractivity contribution in [2.45, 2.75) is 30.1 Å². The van der Waals surface area contributed by atoms with Gasteiger partial charge in [0, 0.05) is 22.1 Å². The quantitative estimate of drug-likeness (QED) is 0.172. The molecule has 360 valence electrons. The molecule has 0 saturated heterocycles. The van der Waals surface area contributed by atoms with Gasteiger partial charge in [0.1, 0.15) is 0 Å². The van der Waals surface area contributed by atoms with E-state index in [1.807, 2.05) is 0 Å². The first kappa shape index (κ1) is 43.8. The van der Waals surface area contributed by atoms with Gasteiger partial charge >= 0.3 is 0 Å². The molecule has 16 rings (SSSR count). The predicted molar refractivity (Wildman–Crippen MR) is 313 cm³/mol. The van der Waals surface area contributed by atoms with Crippen molar-refractivity contribution in [2.75, 3.05) is 0 Å². The highest BCUT2D eigenvalue weighted by Crippen LogP contribution is 2.67. The third kappa shape index (κ3) is 6.00. The van der Waals surface area contributed by atoms with Gasteiger partial charge in [0.2, 0.25) is 0 Å². The lowest BCUT2D eigenvalue weighted by Crippen LogP contribution is -2.43. The van der Waals surface area contributed by atoms with Crippen molar-refractivity contribution < 1.29 is 0 Å². The maximum atomic E-state index is 5.30. The number of benzene rings is 11. The molecule has 1 aromatic heterocycles. The number of aromatic nitrogens is 3. The number of fused-ring (bicyclic) bond motifs is 19. The van der Waals surface area contributed by atoms with Crippen molar-refractivity contribution >= 4 is 0 Å². The average Bonchev–Trinajstić information content (AvgIpc) is 4.16. The van der Waals surface area contributed by atoms with Crippen LogP contribution in [0.1, 0.15) is 69.5 Å². The van der Waals surface area contributed by atoms with Gasteiger partial charge in [-0.15, -0.1) is 0 Å². The molecule has 0 amide bonds. The highest BCUT2D eigenvalue weighted by atomic mass is 15.0. The third-order valence-corrected chi connectivity index (χ3v) is 17.7. The molecule has 0 aliphatic heterocycles. The van der Waals surface area contributed by atoms with Gasteiger partial charge in [-0.2, -0.15) is 0 Å². The molecule has 0 radical (unpaired) electrons. The van der Waals surface area contributed by atoms with Crippen molar-refractivity contribution in [3.8, 4) is 89.8 Å². The highest BCUT2D eigenvalue weighted by Gasteiger charge is 2.59. The summed E-state index contributed by atoms with van der Waals surface area (Å²) in [5.41, 5.74) is 27.2. The Morgan fingerprint density at radius 3 is 0.974 bits per heavy atom. The molecule has 0 atom stereocenters. The molecule has 4 aliphatic rings. The summed E-state index contributed by atoms with van der Waals surface area (Å²) >= 11 is 0. The van der Waals surface area contributed by atoms with Crippen LogP contribution in [-0.4, -0.2) is 15.0 Å². The molecular weight excluding hydrogens is 931 g/mol. The Morgan fingerprint density at radius 2 is 0.494 bits per heavy atom. The minimum atomic E-state index is -0.570. The van der Waals surface area contributed by atoms with Crippen LogP contribution in [0.15, 0.2) is 261 Å². The normalized spacial score (nSPS) is 14.7. The van der Waals surface area contributed by atoms with E-state index >= 15 is 0 Å². The molecule has 0 fully saturated rings. The van der Waals surface area contributed by atoms with Gasteiger partial charge < -0.3 is 0 Å². The zero-order chi connectivity index (χ0) is 51.0. The van der Waals surface area contributed by atoms with E-state index in [0.29, 0.717) is 17.5 Å². The minimum absolute atomic E-state index is 0.163. The van der Waals surface area contributed by atoms with Crippen LogP contribution in [0.4, 0.5) is 0 Å². The summed E-state index contributed by atoms with van der Waals surface area (Å²) < 4.78 is 0. The van der Waals surface area contributed by atoms with Crippen molar-refractivity contribution in [3.63, 3.8) is 0 Å². The fraction of sp³-hybridized carbons (Fsp3) is 0.0676. The van der Waals surface area contributed by atoms with Gasteiger partial charge in [0.05, 0.1) is 10.8 Å². The molecule has 3 heteroatoms. The van der Waals surface area contributed by atoms with Crippen LogP contribution in [0, 0.1) is 0 Å². The molecule has 12 aromatic rings. The van der Waals surface area contributed by atoms with Crippen molar-refractivity contribution in [1.29, 1.82) is 0 Å². The van der Waals surface area contributed by atoms with E-state index < -0.39 is 10.8 Å². The van der Waals surface area contributed by atoms with E-state index in [2.05, 4.69) is 275 Å². The number of rotatable bonds is 5. The van der Waals surface area contributed by atoms with Crippen LogP contribution in [0.25, 0.3) is 89.8 Å². The lowest BCUT2D eigenvalue weighted by Gasteiger charge is -2.48. The van der Waals surface area contributed by atoms with Crippen molar-refractivity contribution in [1.82, 2.24) is 15.0 Å². The fourth-order valence-electron chi connectivity index (χ4n) is 14.3. The van der Waals surface area contributed by atoms with Gasteiger partial charge in [-0.05, 0) is 123 Å². The SMILES string of the molecule is CC1(C)c2ccccc2-c2ccc(-c3nc(-c4ccc(-c5ccccc5)cc4)nc(-c4ccc(-c5ccc6c(c5)C5(c7ccccc7-6)c6ccccc6C6(c7ccccc7-c7ccccc76)c6ccccc65)cc4)n3)cc21. The smallest absolute Gasteiger partial charge is 0.164 e. The molecule has 11 aromatic carbocycles. The van der Waals surface area contributed by atoms with Gasteiger partial charge in [-0.1, -0.05) is 263 Å². The van der Waals surface area contributed by atoms with Gasteiger partial charge in [-0.25, -0.2) is 15.0 Å². The Bertz CT molecular complexity index is 4320. The fourth-order valence-corrected chi connectivity index (χ4v) is 14.3. The Kier molecular flexibility index (Phi) is 9.22. The predicted octanol–water partition coefficient (Wildman–Crippen LogP) is 17.6. The van der Waals surface area contributed by atoms with Gasteiger partial charge in [0.15, 0.2) is 17.5 Å². The molecule has 77 heavy (non-hydrogen) atoms. The first-order valence-corrected chi connectivity index (χ1v) is 26.8. The first-order chi connectivity index (χ1) is 37.9. The summed E-state index contributed by atoms with van der Waals surface area (Å²) in [6.45, 7) is 4.64. The molecule has 0 bridgehead atoms. The maximum absolute atomic E-state index is 5.30. The summed E-state index contributed by atoms with van der Waals surface area (Å²) in [6, 6.07) is 96.5. The monoisotopic (exact) mass is 979 g/mol. The minimum Gasteiger partial charge on any atom is -0.208 e. The second kappa shape index (κ2) is 16.2. The lowest BCUT2D eigenvalue weighted by molar-refractivity contribution is 0.633. The number of hydrogen-bond donors (Lipinski definition) is 0. The van der Waals surface area contributed by atoms with E-state index in [-0.39, 0.29) is 5.41 Å². The standard InChI is InChI=1S/C74H49N3/c1-72(2)59-24-10-6-20-53(59)57-43-41-52(45-67(57)72)71-76-69(49-36-32-47(33-37-49)46-18-4-3-5-19-46)75-70(77-71)50-38-34-48(35-39-50)51-40-42-58-56-23-9-13-27-62(56)74(68(58)44-51)65-30-16-14-28-63(65)73(64-29-15-17-31-66(64)74)60-25-11-7-21-54(60)55-22-8-12-26-61(55)73/h3-45H,1-2H3. The Labute approximate surface area is 449 Å². The molecule has 0 saturated carbocycles. The molecule has 0 unspecified atom stereocenters. The van der Waals surface area contributed by atoms with E-state index in [0.717, 1.165) is 33.4 Å². The van der Waals surface area contributed by atoms with E-state index in [9.17, 15) is 0 Å².